The normalized spacial score (nSPS) is 30.7. The average Bonchev–Trinajstić information content (AvgIpc) is 2.54. The Balaban J connectivity index is 1.67. The molecular formula is C20H31N. The lowest BCUT2D eigenvalue weighted by Crippen LogP contribution is -2.33. The van der Waals surface area contributed by atoms with E-state index < -0.39 is 0 Å². The summed E-state index contributed by atoms with van der Waals surface area (Å²) in [5, 5.41) is 0. The topological polar surface area (TPSA) is 26.0 Å². The first kappa shape index (κ1) is 15.1. The maximum atomic E-state index is 6.66. The molecule has 0 aliphatic heterocycles. The van der Waals surface area contributed by atoms with E-state index >= 15 is 0 Å². The second-order valence-corrected chi connectivity index (χ2v) is 7.40. The van der Waals surface area contributed by atoms with Crippen molar-refractivity contribution in [1.82, 2.24) is 0 Å². The largest absolute Gasteiger partial charge is 0.324 e. The van der Waals surface area contributed by atoms with Crippen molar-refractivity contribution in [2.75, 3.05) is 0 Å². The minimum atomic E-state index is 0.254. The fourth-order valence-corrected chi connectivity index (χ4v) is 4.75. The van der Waals surface area contributed by atoms with Crippen molar-refractivity contribution in [3.63, 3.8) is 0 Å². The minimum absolute atomic E-state index is 0.254. The van der Waals surface area contributed by atoms with Crippen LogP contribution in [0.5, 0.6) is 0 Å². The SMILES string of the molecule is CCCc1cccc(C(N)C2CCC3CCCCC3C2)c1. The maximum absolute atomic E-state index is 6.66. The molecule has 1 heteroatoms. The van der Waals surface area contributed by atoms with Crippen LogP contribution in [0.25, 0.3) is 0 Å². The molecule has 2 fully saturated rings. The third kappa shape index (κ3) is 3.51. The van der Waals surface area contributed by atoms with Gasteiger partial charge in [0.05, 0.1) is 0 Å². The van der Waals surface area contributed by atoms with Gasteiger partial charge < -0.3 is 5.73 Å². The molecule has 2 saturated carbocycles. The summed E-state index contributed by atoms with van der Waals surface area (Å²) in [5.74, 6) is 2.71. The van der Waals surface area contributed by atoms with Gasteiger partial charge in [-0.25, -0.2) is 0 Å². The highest BCUT2D eigenvalue weighted by atomic mass is 14.7. The molecule has 2 aliphatic carbocycles. The van der Waals surface area contributed by atoms with Crippen molar-refractivity contribution in [2.24, 2.45) is 23.5 Å². The first-order valence-corrected chi connectivity index (χ1v) is 9.12. The first-order valence-electron chi connectivity index (χ1n) is 9.12. The van der Waals surface area contributed by atoms with Crippen molar-refractivity contribution in [2.45, 2.75) is 70.8 Å². The Bertz CT molecular complexity index is 453. The molecule has 2 aliphatic rings. The summed E-state index contributed by atoms with van der Waals surface area (Å²) in [5.41, 5.74) is 9.49. The van der Waals surface area contributed by atoms with Crippen LogP contribution in [-0.2, 0) is 6.42 Å². The van der Waals surface area contributed by atoms with Gasteiger partial charge in [0.25, 0.3) is 0 Å². The van der Waals surface area contributed by atoms with Gasteiger partial charge in [-0.3, -0.25) is 0 Å². The van der Waals surface area contributed by atoms with Crippen molar-refractivity contribution in [3.05, 3.63) is 35.4 Å². The number of nitrogens with two attached hydrogens (primary N) is 1. The van der Waals surface area contributed by atoms with E-state index in [1.165, 1.54) is 68.9 Å². The van der Waals surface area contributed by atoms with Crippen LogP contribution >= 0.6 is 0 Å². The van der Waals surface area contributed by atoms with Gasteiger partial charge in [0.15, 0.2) is 0 Å². The molecular weight excluding hydrogens is 254 g/mol. The summed E-state index contributed by atoms with van der Waals surface area (Å²) in [6, 6.07) is 9.31. The molecule has 2 N–H and O–H groups in total. The van der Waals surface area contributed by atoms with Gasteiger partial charge in [0.1, 0.15) is 0 Å². The molecule has 0 radical (unpaired) electrons. The van der Waals surface area contributed by atoms with Gasteiger partial charge >= 0.3 is 0 Å². The highest BCUT2D eigenvalue weighted by Gasteiger charge is 2.34. The van der Waals surface area contributed by atoms with Crippen LogP contribution in [0.2, 0.25) is 0 Å². The number of hydrogen-bond donors (Lipinski definition) is 1. The van der Waals surface area contributed by atoms with Crippen molar-refractivity contribution in [3.8, 4) is 0 Å². The summed E-state index contributed by atoms with van der Waals surface area (Å²) in [6.45, 7) is 2.25. The highest BCUT2D eigenvalue weighted by molar-refractivity contribution is 5.26. The van der Waals surface area contributed by atoms with Crippen molar-refractivity contribution >= 4 is 0 Å². The molecule has 1 nitrogen and oxygen atoms in total. The molecule has 1 aromatic rings. The van der Waals surface area contributed by atoms with Gasteiger partial charge in [-0.1, -0.05) is 63.3 Å². The Hall–Kier alpha value is -0.820. The summed E-state index contributed by atoms with van der Waals surface area (Å²) in [6.07, 6.45) is 12.4. The molecule has 0 spiro atoms. The monoisotopic (exact) mass is 285 g/mol. The summed E-state index contributed by atoms with van der Waals surface area (Å²) in [7, 11) is 0. The average molecular weight is 285 g/mol. The van der Waals surface area contributed by atoms with Gasteiger partial charge in [-0.2, -0.15) is 0 Å². The third-order valence-electron chi connectivity index (χ3n) is 5.96. The van der Waals surface area contributed by atoms with E-state index in [1.807, 2.05) is 0 Å². The van der Waals surface area contributed by atoms with Crippen LogP contribution in [0.1, 0.15) is 75.5 Å². The molecule has 4 unspecified atom stereocenters. The van der Waals surface area contributed by atoms with E-state index in [2.05, 4.69) is 31.2 Å². The molecule has 21 heavy (non-hydrogen) atoms. The van der Waals surface area contributed by atoms with Crippen LogP contribution in [0.4, 0.5) is 0 Å². The van der Waals surface area contributed by atoms with Crippen LogP contribution in [0, 0.1) is 17.8 Å². The molecule has 1 aromatic carbocycles. The lowest BCUT2D eigenvalue weighted by atomic mass is 9.65. The Morgan fingerprint density at radius 3 is 2.71 bits per heavy atom. The Morgan fingerprint density at radius 2 is 1.90 bits per heavy atom. The zero-order chi connectivity index (χ0) is 14.7. The fraction of sp³-hybridized carbons (Fsp3) is 0.700. The van der Waals surface area contributed by atoms with E-state index in [4.69, 9.17) is 5.73 Å². The van der Waals surface area contributed by atoms with Crippen molar-refractivity contribution in [1.29, 1.82) is 0 Å². The van der Waals surface area contributed by atoms with E-state index in [9.17, 15) is 0 Å². The fourth-order valence-electron chi connectivity index (χ4n) is 4.75. The second kappa shape index (κ2) is 6.96. The maximum Gasteiger partial charge on any atom is 0.0323 e. The molecule has 116 valence electrons. The number of hydrogen-bond acceptors (Lipinski definition) is 1. The van der Waals surface area contributed by atoms with Crippen LogP contribution in [0.3, 0.4) is 0 Å². The highest BCUT2D eigenvalue weighted by Crippen LogP contribution is 2.45. The van der Waals surface area contributed by atoms with E-state index in [0.29, 0.717) is 5.92 Å². The predicted molar refractivity (Wildman–Crippen MR) is 90.2 cm³/mol. The van der Waals surface area contributed by atoms with Gasteiger partial charge in [-0.15, -0.1) is 0 Å². The van der Waals surface area contributed by atoms with E-state index in [-0.39, 0.29) is 6.04 Å². The van der Waals surface area contributed by atoms with E-state index in [0.717, 1.165) is 11.8 Å². The van der Waals surface area contributed by atoms with Crippen molar-refractivity contribution < 1.29 is 0 Å². The van der Waals surface area contributed by atoms with E-state index in [1.54, 1.807) is 0 Å². The van der Waals surface area contributed by atoms with Crippen LogP contribution in [0.15, 0.2) is 24.3 Å². The molecule has 4 atom stereocenters. The zero-order valence-electron chi connectivity index (χ0n) is 13.6. The Kier molecular flexibility index (Phi) is 5.00. The Labute approximate surface area is 130 Å². The molecule has 3 rings (SSSR count). The third-order valence-corrected chi connectivity index (χ3v) is 5.96. The number of rotatable bonds is 4. The molecule has 0 saturated heterocycles. The van der Waals surface area contributed by atoms with Gasteiger partial charge in [0, 0.05) is 6.04 Å². The van der Waals surface area contributed by atoms with Crippen LogP contribution < -0.4 is 5.73 Å². The predicted octanol–water partition coefficient (Wildman–Crippen LogP) is 5.25. The van der Waals surface area contributed by atoms with Gasteiger partial charge in [-0.05, 0) is 54.6 Å². The summed E-state index contributed by atoms with van der Waals surface area (Å²) < 4.78 is 0. The lowest BCUT2D eigenvalue weighted by Gasteiger charge is -2.41. The number of fused-ring (bicyclic) bond motifs is 1. The smallest absolute Gasteiger partial charge is 0.0323 e. The standard InChI is InChI=1S/C20H31N/c1-2-6-15-7-5-10-18(13-15)20(21)19-12-11-16-8-3-4-9-17(16)14-19/h5,7,10,13,16-17,19-20H,2-4,6,8-9,11-12,14,21H2,1H3. The van der Waals surface area contributed by atoms with Gasteiger partial charge in [0.2, 0.25) is 0 Å². The van der Waals surface area contributed by atoms with Crippen LogP contribution in [-0.4, -0.2) is 0 Å². The number of benzene rings is 1. The summed E-state index contributed by atoms with van der Waals surface area (Å²) in [4.78, 5) is 0. The second-order valence-electron chi connectivity index (χ2n) is 7.40. The summed E-state index contributed by atoms with van der Waals surface area (Å²) >= 11 is 0. The number of aryl methyl sites for hydroxylation is 1. The zero-order valence-corrected chi connectivity index (χ0v) is 13.6. The molecule has 0 bridgehead atoms. The minimum Gasteiger partial charge on any atom is -0.324 e. The Morgan fingerprint density at radius 1 is 1.10 bits per heavy atom. The first-order chi connectivity index (χ1) is 10.3. The molecule has 0 heterocycles. The quantitative estimate of drug-likeness (QED) is 0.803. The molecule has 0 aromatic heterocycles. The molecule has 0 amide bonds. The lowest BCUT2D eigenvalue weighted by molar-refractivity contribution is 0.117.